The van der Waals surface area contributed by atoms with E-state index in [2.05, 4.69) is 25.5 Å². The summed E-state index contributed by atoms with van der Waals surface area (Å²) in [6.45, 7) is 0.333. The highest BCUT2D eigenvalue weighted by atomic mass is 35.5. The Bertz CT molecular complexity index is 1330. The second-order valence-electron chi connectivity index (χ2n) is 7.45. The van der Waals surface area contributed by atoms with Crippen LogP contribution in [0.25, 0.3) is 5.65 Å². The number of alkyl halides is 3. The van der Waals surface area contributed by atoms with Gasteiger partial charge in [0.25, 0.3) is 5.91 Å². The van der Waals surface area contributed by atoms with Crippen LogP contribution < -0.4 is 5.32 Å². The van der Waals surface area contributed by atoms with E-state index in [-0.39, 0.29) is 23.2 Å². The van der Waals surface area contributed by atoms with Gasteiger partial charge in [0.15, 0.2) is 11.3 Å². The van der Waals surface area contributed by atoms with Crippen molar-refractivity contribution in [1.29, 1.82) is 0 Å². The highest BCUT2D eigenvalue weighted by Crippen LogP contribution is 2.41. The van der Waals surface area contributed by atoms with Crippen LogP contribution >= 0.6 is 11.6 Å². The van der Waals surface area contributed by atoms with Crippen molar-refractivity contribution in [3.8, 4) is 0 Å². The minimum Gasteiger partial charge on any atom is -0.288 e. The molecule has 1 aromatic carbocycles. The number of fused-ring (bicyclic) bond motifs is 1. The number of carbonyl (C=O) groups is 1. The molecule has 1 fully saturated rings. The van der Waals surface area contributed by atoms with E-state index in [1.165, 1.54) is 17.1 Å². The van der Waals surface area contributed by atoms with Crippen LogP contribution in [0.4, 0.5) is 19.1 Å². The van der Waals surface area contributed by atoms with Gasteiger partial charge >= 0.3 is 6.18 Å². The number of carbonyl (C=O) groups excluding carboxylic acids is 1. The molecule has 164 valence electrons. The lowest BCUT2D eigenvalue weighted by Crippen LogP contribution is -2.16. The zero-order valence-corrected chi connectivity index (χ0v) is 17.1. The van der Waals surface area contributed by atoms with Crippen molar-refractivity contribution in [2.24, 2.45) is 0 Å². The normalized spacial score (nSPS) is 14.1. The number of benzene rings is 1. The second-order valence-corrected chi connectivity index (χ2v) is 7.86. The summed E-state index contributed by atoms with van der Waals surface area (Å²) in [6, 6.07) is 9.44. The molecule has 0 bridgehead atoms. The predicted octanol–water partition coefficient (Wildman–Crippen LogP) is 4.17. The summed E-state index contributed by atoms with van der Waals surface area (Å²) in [7, 11) is 0. The van der Waals surface area contributed by atoms with Crippen molar-refractivity contribution in [2.75, 3.05) is 5.32 Å². The third kappa shape index (κ3) is 4.03. The molecule has 1 aliphatic rings. The molecule has 3 heterocycles. The van der Waals surface area contributed by atoms with Crippen LogP contribution in [0, 0.1) is 0 Å². The molecule has 4 aromatic rings. The lowest BCUT2D eigenvalue weighted by atomic mass is 10.2. The Kier molecular flexibility index (Phi) is 4.85. The van der Waals surface area contributed by atoms with E-state index in [9.17, 15) is 18.0 Å². The molecule has 5 rings (SSSR count). The van der Waals surface area contributed by atoms with Crippen molar-refractivity contribution in [3.05, 3.63) is 70.4 Å². The number of anilines is 1. The Morgan fingerprint density at radius 2 is 1.97 bits per heavy atom. The quantitative estimate of drug-likeness (QED) is 0.481. The molecule has 0 radical (unpaired) electrons. The smallest absolute Gasteiger partial charge is 0.288 e. The number of hydrogen-bond acceptors (Lipinski definition) is 5. The topological polar surface area (TPSA) is 90.0 Å². The van der Waals surface area contributed by atoms with Gasteiger partial charge in [0, 0.05) is 22.7 Å². The Labute approximate surface area is 184 Å². The van der Waals surface area contributed by atoms with Gasteiger partial charge in [0.05, 0.1) is 6.54 Å². The number of amides is 1. The predicted molar refractivity (Wildman–Crippen MR) is 108 cm³/mol. The maximum Gasteiger partial charge on any atom is 0.433 e. The molecule has 1 saturated carbocycles. The van der Waals surface area contributed by atoms with E-state index in [1.54, 1.807) is 12.1 Å². The van der Waals surface area contributed by atoms with Gasteiger partial charge in [0.1, 0.15) is 12.0 Å². The minimum atomic E-state index is -4.64. The van der Waals surface area contributed by atoms with Crippen LogP contribution in [0.3, 0.4) is 0 Å². The summed E-state index contributed by atoms with van der Waals surface area (Å²) in [5.74, 6) is -0.742. The lowest BCUT2D eigenvalue weighted by molar-refractivity contribution is -0.142. The summed E-state index contributed by atoms with van der Waals surface area (Å²) in [6.07, 6.45) is -1.63. The average molecular weight is 462 g/mol. The summed E-state index contributed by atoms with van der Waals surface area (Å²) in [5, 5.41) is 11.0. The van der Waals surface area contributed by atoms with Gasteiger partial charge in [-0.3, -0.25) is 10.1 Å². The number of nitrogens with one attached hydrogen (secondary N) is 1. The van der Waals surface area contributed by atoms with Crippen molar-refractivity contribution in [2.45, 2.75) is 31.5 Å². The average Bonchev–Trinajstić information content (AvgIpc) is 3.35. The van der Waals surface area contributed by atoms with Gasteiger partial charge in [0.2, 0.25) is 5.95 Å². The summed E-state index contributed by atoms with van der Waals surface area (Å²) < 4.78 is 42.7. The van der Waals surface area contributed by atoms with Crippen LogP contribution in [-0.4, -0.2) is 35.3 Å². The molecule has 1 amide bonds. The minimum absolute atomic E-state index is 0.0122. The van der Waals surface area contributed by atoms with Crippen molar-refractivity contribution in [3.63, 3.8) is 0 Å². The van der Waals surface area contributed by atoms with E-state index in [4.69, 9.17) is 11.6 Å². The summed E-state index contributed by atoms with van der Waals surface area (Å²) in [5.41, 5.74) is -0.0562. The Morgan fingerprint density at radius 1 is 1.19 bits per heavy atom. The Morgan fingerprint density at radius 3 is 2.69 bits per heavy atom. The molecule has 0 aliphatic heterocycles. The van der Waals surface area contributed by atoms with Crippen LogP contribution in [0.1, 0.15) is 46.2 Å². The summed E-state index contributed by atoms with van der Waals surface area (Å²) >= 11 is 6.14. The van der Waals surface area contributed by atoms with E-state index >= 15 is 0 Å². The van der Waals surface area contributed by atoms with Crippen LogP contribution in [0.15, 0.2) is 42.7 Å². The van der Waals surface area contributed by atoms with E-state index < -0.39 is 17.8 Å². The largest absolute Gasteiger partial charge is 0.433 e. The van der Waals surface area contributed by atoms with Gasteiger partial charge in [-0.15, -0.1) is 5.10 Å². The number of rotatable bonds is 5. The van der Waals surface area contributed by atoms with Gasteiger partial charge < -0.3 is 0 Å². The fourth-order valence-electron chi connectivity index (χ4n) is 3.29. The SMILES string of the molecule is O=C(Nc1ncn(Cc2ccccc2Cl)n1)c1cc2nc(C3CC3)cc(C(F)(F)F)n2n1. The molecule has 12 heteroatoms. The monoisotopic (exact) mass is 461 g/mol. The highest BCUT2D eigenvalue weighted by Gasteiger charge is 2.37. The second kappa shape index (κ2) is 7.59. The van der Waals surface area contributed by atoms with Crippen molar-refractivity contribution in [1.82, 2.24) is 29.4 Å². The molecule has 0 spiro atoms. The van der Waals surface area contributed by atoms with Crippen LogP contribution in [0.2, 0.25) is 5.02 Å². The lowest BCUT2D eigenvalue weighted by Gasteiger charge is -2.10. The van der Waals surface area contributed by atoms with Gasteiger partial charge in [-0.05, 0) is 30.5 Å². The zero-order valence-electron chi connectivity index (χ0n) is 16.3. The Hall–Kier alpha value is -3.47. The first kappa shape index (κ1) is 20.4. The molecule has 0 unspecified atom stereocenters. The van der Waals surface area contributed by atoms with E-state index in [0.717, 1.165) is 24.5 Å². The van der Waals surface area contributed by atoms with Gasteiger partial charge in [-0.25, -0.2) is 19.2 Å². The number of aromatic nitrogens is 6. The molecular formula is C20H15ClF3N7O. The first-order valence-electron chi connectivity index (χ1n) is 9.70. The first-order valence-corrected chi connectivity index (χ1v) is 10.1. The molecule has 3 aromatic heterocycles. The maximum atomic E-state index is 13.5. The number of halogens is 4. The van der Waals surface area contributed by atoms with Crippen molar-refractivity contribution < 1.29 is 18.0 Å². The maximum absolute atomic E-state index is 13.5. The third-order valence-electron chi connectivity index (χ3n) is 5.02. The molecular weight excluding hydrogens is 447 g/mol. The number of hydrogen-bond donors (Lipinski definition) is 1. The van der Waals surface area contributed by atoms with Gasteiger partial charge in [-0.2, -0.15) is 18.3 Å². The molecule has 1 N–H and O–H groups in total. The zero-order chi connectivity index (χ0) is 22.5. The molecule has 8 nitrogen and oxygen atoms in total. The highest BCUT2D eigenvalue weighted by molar-refractivity contribution is 6.31. The molecule has 1 aliphatic carbocycles. The van der Waals surface area contributed by atoms with Crippen LogP contribution in [0.5, 0.6) is 0 Å². The Balaban J connectivity index is 1.38. The fraction of sp³-hybridized carbons (Fsp3) is 0.250. The fourth-order valence-corrected chi connectivity index (χ4v) is 3.49. The van der Waals surface area contributed by atoms with E-state index in [0.29, 0.717) is 21.8 Å². The van der Waals surface area contributed by atoms with Gasteiger partial charge in [-0.1, -0.05) is 29.8 Å². The summed E-state index contributed by atoms with van der Waals surface area (Å²) in [4.78, 5) is 20.9. The third-order valence-corrected chi connectivity index (χ3v) is 5.39. The number of nitrogens with zero attached hydrogens (tertiary/aromatic N) is 6. The van der Waals surface area contributed by atoms with Crippen molar-refractivity contribution >= 4 is 29.1 Å². The first-order chi connectivity index (χ1) is 15.3. The standard InChI is InChI=1S/C20H15ClF3N7O/c21-13-4-2-1-3-12(13)9-30-10-25-19(29-30)27-18(32)15-8-17-26-14(11-5-6-11)7-16(20(22,23)24)31(17)28-15/h1-4,7-8,10-11H,5-6,9H2,(H,27,29,32). The van der Waals surface area contributed by atoms with E-state index in [1.807, 2.05) is 12.1 Å². The molecule has 0 saturated heterocycles. The molecule has 0 atom stereocenters. The van der Waals surface area contributed by atoms with Crippen LogP contribution in [-0.2, 0) is 12.7 Å². The molecule has 32 heavy (non-hydrogen) atoms.